The van der Waals surface area contributed by atoms with Crippen molar-refractivity contribution < 1.29 is 38.1 Å². The maximum absolute atomic E-state index is 12.8. The van der Waals surface area contributed by atoms with E-state index < -0.39 is 29.1 Å². The fraction of sp³-hybridized carbons (Fsp3) is 0.364. The zero-order valence-corrected chi connectivity index (χ0v) is 19.2. The van der Waals surface area contributed by atoms with E-state index in [-0.39, 0.29) is 18.1 Å². The first-order valence-electron chi connectivity index (χ1n) is 9.72. The van der Waals surface area contributed by atoms with Crippen molar-refractivity contribution in [1.82, 2.24) is 4.90 Å². The molecule has 0 spiro atoms. The lowest BCUT2D eigenvalue weighted by Gasteiger charge is -2.19. The summed E-state index contributed by atoms with van der Waals surface area (Å²) < 4.78 is 20.5. The highest BCUT2D eigenvalue weighted by Crippen LogP contribution is 2.37. The SMILES string of the molecule is C=CCc1cc(/C=C2/SC(=O)N([C@H](C)C(=O)OCC)C2=O)cc(OC)c1OCC(=O)OC. The van der Waals surface area contributed by atoms with E-state index in [1.54, 1.807) is 25.1 Å². The number of benzene rings is 1. The Morgan fingerprint density at radius 3 is 2.56 bits per heavy atom. The molecule has 1 aliphatic heterocycles. The topological polar surface area (TPSA) is 108 Å². The number of thioether (sulfide) groups is 1. The van der Waals surface area contributed by atoms with Crippen LogP contribution in [0.1, 0.15) is 25.0 Å². The summed E-state index contributed by atoms with van der Waals surface area (Å²) >= 11 is 0.732. The van der Waals surface area contributed by atoms with Gasteiger partial charge >= 0.3 is 11.9 Å². The highest BCUT2D eigenvalue weighted by atomic mass is 32.2. The predicted molar refractivity (Wildman–Crippen MR) is 118 cm³/mol. The van der Waals surface area contributed by atoms with Crippen molar-refractivity contribution in [2.45, 2.75) is 26.3 Å². The fourth-order valence-corrected chi connectivity index (χ4v) is 3.82. The molecule has 1 aromatic carbocycles. The quantitative estimate of drug-likeness (QED) is 0.294. The number of carbonyl (C=O) groups excluding carboxylic acids is 4. The summed E-state index contributed by atoms with van der Waals surface area (Å²) in [4.78, 5) is 49.7. The van der Waals surface area contributed by atoms with Crippen LogP contribution >= 0.6 is 11.8 Å². The summed E-state index contributed by atoms with van der Waals surface area (Å²) in [7, 11) is 2.70. The third-order valence-corrected chi connectivity index (χ3v) is 5.32. The molecule has 0 radical (unpaired) electrons. The van der Waals surface area contributed by atoms with Crippen molar-refractivity contribution in [3.8, 4) is 11.5 Å². The van der Waals surface area contributed by atoms with Crippen molar-refractivity contribution in [2.24, 2.45) is 0 Å². The average Bonchev–Trinajstić information content (AvgIpc) is 3.04. The molecule has 0 unspecified atom stereocenters. The number of hydrogen-bond acceptors (Lipinski definition) is 9. The molecule has 1 aromatic rings. The van der Waals surface area contributed by atoms with Gasteiger partial charge in [0, 0.05) is 5.56 Å². The number of allylic oxidation sites excluding steroid dienone is 1. The van der Waals surface area contributed by atoms with Crippen LogP contribution in [0.5, 0.6) is 11.5 Å². The molecule has 0 aliphatic carbocycles. The molecule has 0 saturated carbocycles. The molecule has 1 fully saturated rings. The zero-order valence-electron chi connectivity index (χ0n) is 18.3. The molecule has 10 heteroatoms. The smallest absolute Gasteiger partial charge is 0.343 e. The Morgan fingerprint density at radius 1 is 1.25 bits per heavy atom. The molecular weight excluding hydrogens is 438 g/mol. The number of imide groups is 1. The highest BCUT2D eigenvalue weighted by molar-refractivity contribution is 8.18. The van der Waals surface area contributed by atoms with Gasteiger partial charge < -0.3 is 18.9 Å². The van der Waals surface area contributed by atoms with Gasteiger partial charge in [0.15, 0.2) is 18.1 Å². The van der Waals surface area contributed by atoms with Gasteiger partial charge in [-0.05, 0) is 55.8 Å². The summed E-state index contributed by atoms with van der Waals surface area (Å²) in [5.74, 6) is -1.11. The van der Waals surface area contributed by atoms with Crippen LogP contribution in [0, 0.1) is 0 Å². The molecule has 9 nitrogen and oxygen atoms in total. The molecule has 1 saturated heterocycles. The summed E-state index contributed by atoms with van der Waals surface area (Å²) in [5.41, 5.74) is 1.23. The van der Waals surface area contributed by atoms with Gasteiger partial charge in [-0.15, -0.1) is 6.58 Å². The van der Waals surface area contributed by atoms with Crippen molar-refractivity contribution in [1.29, 1.82) is 0 Å². The van der Waals surface area contributed by atoms with Crippen LogP contribution in [-0.2, 0) is 30.3 Å². The second-order valence-corrected chi connectivity index (χ2v) is 7.54. The lowest BCUT2D eigenvalue weighted by molar-refractivity contribution is -0.150. The van der Waals surface area contributed by atoms with Gasteiger partial charge in [0.25, 0.3) is 11.1 Å². The van der Waals surface area contributed by atoms with E-state index in [0.717, 1.165) is 16.7 Å². The van der Waals surface area contributed by atoms with Gasteiger partial charge in [-0.25, -0.2) is 9.59 Å². The Morgan fingerprint density at radius 2 is 1.97 bits per heavy atom. The molecule has 1 atom stereocenters. The number of hydrogen-bond donors (Lipinski definition) is 0. The number of ether oxygens (including phenoxy) is 4. The monoisotopic (exact) mass is 463 g/mol. The van der Waals surface area contributed by atoms with Gasteiger partial charge in [-0.2, -0.15) is 0 Å². The van der Waals surface area contributed by atoms with Gasteiger partial charge in [-0.1, -0.05) is 6.08 Å². The number of methoxy groups -OCH3 is 2. The van der Waals surface area contributed by atoms with E-state index in [0.29, 0.717) is 29.0 Å². The van der Waals surface area contributed by atoms with Gasteiger partial charge in [0.1, 0.15) is 6.04 Å². The molecule has 2 rings (SSSR count). The minimum atomic E-state index is -1.03. The van der Waals surface area contributed by atoms with Crippen LogP contribution in [-0.4, -0.2) is 61.5 Å². The number of nitrogens with zero attached hydrogens (tertiary/aromatic N) is 1. The van der Waals surface area contributed by atoms with Crippen LogP contribution in [0.3, 0.4) is 0 Å². The Bertz CT molecular complexity index is 955. The molecule has 1 heterocycles. The number of amides is 2. The second-order valence-electron chi connectivity index (χ2n) is 6.55. The first-order valence-corrected chi connectivity index (χ1v) is 10.5. The molecular formula is C22H25NO8S. The normalized spacial score (nSPS) is 15.5. The minimum absolute atomic E-state index is 0.144. The fourth-order valence-electron chi connectivity index (χ4n) is 2.91. The van der Waals surface area contributed by atoms with Crippen LogP contribution in [0.25, 0.3) is 6.08 Å². The van der Waals surface area contributed by atoms with Gasteiger partial charge in [-0.3, -0.25) is 14.5 Å². The number of rotatable bonds is 10. The van der Waals surface area contributed by atoms with E-state index in [2.05, 4.69) is 11.3 Å². The largest absolute Gasteiger partial charge is 0.493 e. The van der Waals surface area contributed by atoms with Crippen molar-refractivity contribution >= 4 is 40.9 Å². The van der Waals surface area contributed by atoms with Crippen molar-refractivity contribution in [2.75, 3.05) is 27.4 Å². The lowest BCUT2D eigenvalue weighted by Crippen LogP contribution is -2.42. The summed E-state index contributed by atoms with van der Waals surface area (Å²) in [6.45, 7) is 6.65. The van der Waals surface area contributed by atoms with E-state index in [4.69, 9.17) is 14.2 Å². The van der Waals surface area contributed by atoms with E-state index in [9.17, 15) is 19.2 Å². The third-order valence-electron chi connectivity index (χ3n) is 4.44. The minimum Gasteiger partial charge on any atom is -0.493 e. The molecule has 0 aromatic heterocycles. The Hall–Kier alpha value is -3.27. The number of esters is 2. The molecule has 0 bridgehead atoms. The van der Waals surface area contributed by atoms with Crippen LogP contribution in [0.4, 0.5) is 4.79 Å². The molecule has 2 amide bonds. The van der Waals surface area contributed by atoms with Gasteiger partial charge in [0.05, 0.1) is 25.7 Å². The third kappa shape index (κ3) is 5.70. The standard InChI is InChI=1S/C22H25NO8S/c1-6-8-15-9-14(10-16(28-4)19(15)31-12-18(24)29-5)11-17-20(25)23(22(27)32-17)13(3)21(26)30-7-2/h6,9-11,13H,1,7-8,12H2,2-5H3/b17-11+/t13-/m1/s1. The predicted octanol–water partition coefficient (Wildman–Crippen LogP) is 2.96. The second kappa shape index (κ2) is 11.4. The van der Waals surface area contributed by atoms with E-state index in [1.165, 1.54) is 27.2 Å². The summed E-state index contributed by atoms with van der Waals surface area (Å²) in [6, 6.07) is 2.31. The average molecular weight is 464 g/mol. The Labute approximate surface area is 190 Å². The van der Waals surface area contributed by atoms with Crippen LogP contribution < -0.4 is 9.47 Å². The van der Waals surface area contributed by atoms with Crippen molar-refractivity contribution in [3.63, 3.8) is 0 Å². The lowest BCUT2D eigenvalue weighted by atomic mass is 10.0. The molecule has 172 valence electrons. The van der Waals surface area contributed by atoms with Crippen LogP contribution in [0.2, 0.25) is 0 Å². The zero-order chi connectivity index (χ0) is 23.8. The Kier molecular flexibility index (Phi) is 8.89. The number of carbonyl (C=O) groups is 4. The molecule has 1 aliphatic rings. The first-order chi connectivity index (χ1) is 15.3. The van der Waals surface area contributed by atoms with Gasteiger partial charge in [0.2, 0.25) is 0 Å². The highest BCUT2D eigenvalue weighted by Gasteiger charge is 2.41. The summed E-state index contributed by atoms with van der Waals surface area (Å²) in [6.07, 6.45) is 3.58. The van der Waals surface area contributed by atoms with E-state index >= 15 is 0 Å². The van der Waals surface area contributed by atoms with Crippen molar-refractivity contribution in [3.05, 3.63) is 40.8 Å². The summed E-state index contributed by atoms with van der Waals surface area (Å²) in [5, 5.41) is -0.557. The maximum atomic E-state index is 12.8. The molecule has 0 N–H and O–H groups in total. The van der Waals surface area contributed by atoms with E-state index in [1.807, 2.05) is 0 Å². The van der Waals surface area contributed by atoms with Crippen LogP contribution in [0.15, 0.2) is 29.7 Å². The maximum Gasteiger partial charge on any atom is 0.343 e. The molecule has 32 heavy (non-hydrogen) atoms. The Balaban J connectivity index is 2.38. The first kappa shape index (κ1) is 25.0.